The molecule has 1 atom stereocenters. The molecular formula is C15H27N3O2S. The molecule has 0 aromatic heterocycles. The molecule has 2 N–H and O–H groups in total. The maximum Gasteiger partial charge on any atom is 0.301 e. The van der Waals surface area contributed by atoms with Crippen molar-refractivity contribution >= 4 is 15.9 Å². The second-order valence-electron chi connectivity index (χ2n) is 5.52. The van der Waals surface area contributed by atoms with Crippen molar-refractivity contribution in [2.24, 2.45) is 0 Å². The van der Waals surface area contributed by atoms with E-state index in [2.05, 4.69) is 23.9 Å². The van der Waals surface area contributed by atoms with E-state index in [1.165, 1.54) is 4.31 Å². The van der Waals surface area contributed by atoms with Gasteiger partial charge >= 0.3 is 10.2 Å². The highest BCUT2D eigenvalue weighted by Gasteiger charge is 2.20. The Kier molecular flexibility index (Phi) is 6.64. The molecule has 1 rings (SSSR count). The zero-order chi connectivity index (χ0) is 16.0. The lowest BCUT2D eigenvalue weighted by Crippen LogP contribution is -2.37. The fourth-order valence-electron chi connectivity index (χ4n) is 1.85. The van der Waals surface area contributed by atoms with Crippen molar-refractivity contribution in [3.05, 3.63) is 29.8 Å². The molecule has 0 bridgehead atoms. The number of hydrogen-bond acceptors (Lipinski definition) is 3. The van der Waals surface area contributed by atoms with Crippen molar-refractivity contribution < 1.29 is 8.42 Å². The standard InChI is InChI=1S/C15H27N3O2S/c1-6-10-16-13(4)14-8-7-9-15(11-14)17-21(19,20)18(5)12(2)3/h7-9,11-13,16-17H,6,10H2,1-5H3. The van der Waals surface area contributed by atoms with Crippen LogP contribution in [0.3, 0.4) is 0 Å². The maximum atomic E-state index is 12.2. The first kappa shape index (κ1) is 17.9. The number of rotatable bonds is 8. The number of anilines is 1. The predicted molar refractivity (Wildman–Crippen MR) is 88.6 cm³/mol. The van der Waals surface area contributed by atoms with Crippen molar-refractivity contribution in [3.63, 3.8) is 0 Å². The molecule has 0 aliphatic carbocycles. The largest absolute Gasteiger partial charge is 0.310 e. The first-order valence-corrected chi connectivity index (χ1v) is 8.81. The van der Waals surface area contributed by atoms with Gasteiger partial charge in [-0.15, -0.1) is 0 Å². The van der Waals surface area contributed by atoms with Crippen LogP contribution in [0.25, 0.3) is 0 Å². The summed E-state index contributed by atoms with van der Waals surface area (Å²) in [7, 11) is -1.94. The van der Waals surface area contributed by atoms with E-state index in [9.17, 15) is 8.42 Å². The van der Waals surface area contributed by atoms with E-state index in [0.29, 0.717) is 5.69 Å². The Hall–Kier alpha value is -1.11. The van der Waals surface area contributed by atoms with E-state index in [4.69, 9.17) is 0 Å². The van der Waals surface area contributed by atoms with Gasteiger partial charge in [0.25, 0.3) is 0 Å². The molecule has 1 aromatic carbocycles. The van der Waals surface area contributed by atoms with Gasteiger partial charge in [-0.3, -0.25) is 4.72 Å². The van der Waals surface area contributed by atoms with Gasteiger partial charge in [0.05, 0.1) is 5.69 Å². The summed E-state index contributed by atoms with van der Waals surface area (Å²) in [6.07, 6.45) is 1.07. The summed E-state index contributed by atoms with van der Waals surface area (Å²) < 4.78 is 28.3. The first-order chi connectivity index (χ1) is 9.77. The minimum absolute atomic E-state index is 0.0872. The third-order valence-corrected chi connectivity index (χ3v) is 5.11. The highest BCUT2D eigenvalue weighted by molar-refractivity contribution is 7.90. The lowest BCUT2D eigenvalue weighted by atomic mass is 10.1. The summed E-state index contributed by atoms with van der Waals surface area (Å²) in [5.41, 5.74) is 1.65. The number of nitrogens with zero attached hydrogens (tertiary/aromatic N) is 1. The van der Waals surface area contributed by atoms with E-state index >= 15 is 0 Å². The molecule has 0 spiro atoms. The fourth-order valence-corrected chi connectivity index (χ4v) is 2.97. The van der Waals surface area contributed by atoms with Crippen LogP contribution in [0.1, 0.15) is 45.7 Å². The topological polar surface area (TPSA) is 61.4 Å². The number of benzene rings is 1. The van der Waals surface area contributed by atoms with Gasteiger partial charge in [0.15, 0.2) is 0 Å². The van der Waals surface area contributed by atoms with Crippen molar-refractivity contribution in [2.45, 2.75) is 46.2 Å². The normalized spacial score (nSPS) is 13.7. The smallest absolute Gasteiger partial charge is 0.301 e. The van der Waals surface area contributed by atoms with E-state index < -0.39 is 10.2 Å². The summed E-state index contributed by atoms with van der Waals surface area (Å²) >= 11 is 0. The quantitative estimate of drug-likeness (QED) is 0.776. The van der Waals surface area contributed by atoms with E-state index in [0.717, 1.165) is 18.5 Å². The third-order valence-electron chi connectivity index (χ3n) is 3.44. The summed E-state index contributed by atoms with van der Waals surface area (Å²) in [5, 5.41) is 3.39. The zero-order valence-corrected chi connectivity index (χ0v) is 14.4. The van der Waals surface area contributed by atoms with Gasteiger partial charge in [-0.1, -0.05) is 19.1 Å². The van der Waals surface area contributed by atoms with Crippen LogP contribution >= 0.6 is 0 Å². The lowest BCUT2D eigenvalue weighted by Gasteiger charge is -2.22. The van der Waals surface area contributed by atoms with Gasteiger partial charge in [-0.25, -0.2) is 0 Å². The highest BCUT2D eigenvalue weighted by atomic mass is 32.2. The second kappa shape index (κ2) is 7.77. The Balaban J connectivity index is 2.86. The Labute approximate surface area is 128 Å². The van der Waals surface area contributed by atoms with Gasteiger partial charge in [-0.05, 0) is 51.4 Å². The minimum Gasteiger partial charge on any atom is -0.310 e. The minimum atomic E-state index is -3.51. The van der Waals surface area contributed by atoms with Gasteiger partial charge in [0.2, 0.25) is 0 Å². The Bertz CT molecular complexity index is 544. The zero-order valence-electron chi connectivity index (χ0n) is 13.6. The van der Waals surface area contributed by atoms with E-state index in [-0.39, 0.29) is 12.1 Å². The predicted octanol–water partition coefficient (Wildman–Crippen LogP) is 2.74. The molecule has 21 heavy (non-hydrogen) atoms. The molecule has 0 aliphatic heterocycles. The monoisotopic (exact) mass is 313 g/mol. The van der Waals surface area contributed by atoms with Crippen molar-refractivity contribution in [1.82, 2.24) is 9.62 Å². The van der Waals surface area contributed by atoms with E-state index in [1.807, 2.05) is 32.0 Å². The van der Waals surface area contributed by atoms with Crippen LogP contribution in [0.5, 0.6) is 0 Å². The van der Waals surface area contributed by atoms with Gasteiger partial charge < -0.3 is 5.32 Å². The summed E-state index contributed by atoms with van der Waals surface area (Å²) in [5.74, 6) is 0. The highest BCUT2D eigenvalue weighted by Crippen LogP contribution is 2.19. The fraction of sp³-hybridized carbons (Fsp3) is 0.600. The molecule has 1 unspecified atom stereocenters. The molecule has 0 saturated heterocycles. The van der Waals surface area contributed by atoms with Crippen LogP contribution in [0, 0.1) is 0 Å². The van der Waals surface area contributed by atoms with Gasteiger partial charge in [0.1, 0.15) is 0 Å². The van der Waals surface area contributed by atoms with E-state index in [1.54, 1.807) is 13.1 Å². The average Bonchev–Trinajstić information content (AvgIpc) is 2.43. The summed E-state index contributed by atoms with van der Waals surface area (Å²) in [6.45, 7) is 8.81. The Morgan fingerprint density at radius 3 is 2.48 bits per heavy atom. The van der Waals surface area contributed by atoms with Crippen molar-refractivity contribution in [1.29, 1.82) is 0 Å². The number of nitrogens with one attached hydrogen (secondary N) is 2. The van der Waals surface area contributed by atoms with Crippen LogP contribution < -0.4 is 10.0 Å². The van der Waals surface area contributed by atoms with Crippen LogP contribution in [0.15, 0.2) is 24.3 Å². The molecule has 0 radical (unpaired) electrons. The molecule has 0 amide bonds. The molecule has 6 heteroatoms. The molecule has 0 saturated carbocycles. The molecule has 0 fully saturated rings. The van der Waals surface area contributed by atoms with Crippen molar-refractivity contribution in [3.8, 4) is 0 Å². The van der Waals surface area contributed by atoms with Crippen LogP contribution in [0.4, 0.5) is 5.69 Å². The van der Waals surface area contributed by atoms with Crippen LogP contribution in [0.2, 0.25) is 0 Å². The molecule has 1 aromatic rings. The molecule has 0 aliphatic rings. The molecule has 120 valence electrons. The van der Waals surface area contributed by atoms with Gasteiger partial charge in [0, 0.05) is 19.1 Å². The molecule has 5 nitrogen and oxygen atoms in total. The first-order valence-electron chi connectivity index (χ1n) is 7.37. The van der Waals surface area contributed by atoms with Crippen LogP contribution in [-0.4, -0.2) is 32.4 Å². The van der Waals surface area contributed by atoms with Crippen LogP contribution in [-0.2, 0) is 10.2 Å². The third kappa shape index (κ3) is 5.30. The second-order valence-corrected chi connectivity index (χ2v) is 7.25. The molecular weight excluding hydrogens is 286 g/mol. The number of hydrogen-bond donors (Lipinski definition) is 2. The van der Waals surface area contributed by atoms with Gasteiger partial charge in [-0.2, -0.15) is 12.7 Å². The lowest BCUT2D eigenvalue weighted by molar-refractivity contribution is 0.414. The Morgan fingerprint density at radius 1 is 1.24 bits per heavy atom. The SMILES string of the molecule is CCCNC(C)c1cccc(NS(=O)(=O)N(C)C(C)C)c1. The molecule has 0 heterocycles. The summed E-state index contributed by atoms with van der Waals surface area (Å²) in [6, 6.07) is 7.61. The summed E-state index contributed by atoms with van der Waals surface area (Å²) in [4.78, 5) is 0. The Morgan fingerprint density at radius 2 is 1.90 bits per heavy atom. The maximum absolute atomic E-state index is 12.2. The van der Waals surface area contributed by atoms with Crippen molar-refractivity contribution in [2.75, 3.05) is 18.3 Å². The average molecular weight is 313 g/mol.